The predicted octanol–water partition coefficient (Wildman–Crippen LogP) is 8.42. The van der Waals surface area contributed by atoms with Crippen molar-refractivity contribution in [1.29, 1.82) is 0 Å². The lowest BCUT2D eigenvalue weighted by atomic mass is 9.98. The molecular formula is C41H45N5O4S. The van der Waals surface area contributed by atoms with Gasteiger partial charge in [-0.3, -0.25) is 25.0 Å². The van der Waals surface area contributed by atoms with E-state index in [2.05, 4.69) is 86.7 Å². The second-order valence-corrected chi connectivity index (χ2v) is 15.7. The number of aryl methyl sites for hydroxylation is 4. The highest BCUT2D eigenvalue weighted by molar-refractivity contribution is 7.89. The van der Waals surface area contributed by atoms with Crippen molar-refractivity contribution < 1.29 is 13.3 Å². The molecule has 0 bridgehead atoms. The molecule has 0 unspecified atom stereocenters. The second-order valence-electron chi connectivity index (χ2n) is 13.9. The lowest BCUT2D eigenvalue weighted by molar-refractivity contribution is -0.387. The molecule has 0 atom stereocenters. The van der Waals surface area contributed by atoms with Crippen LogP contribution in [-0.4, -0.2) is 51.6 Å². The molecule has 0 saturated carbocycles. The van der Waals surface area contributed by atoms with Crippen molar-refractivity contribution in [1.82, 2.24) is 19.2 Å². The molecule has 3 aromatic carbocycles. The number of nitrogens with zero attached hydrogens (tertiary/aromatic N) is 5. The summed E-state index contributed by atoms with van der Waals surface area (Å²) in [6.07, 6.45) is 4.73. The number of hydrogen-bond acceptors (Lipinski definition) is 7. The molecule has 1 fully saturated rings. The van der Waals surface area contributed by atoms with Gasteiger partial charge in [-0.05, 0) is 153 Å². The number of para-hydroxylation sites is 1. The van der Waals surface area contributed by atoms with Crippen LogP contribution >= 0.6 is 0 Å². The standard InChI is InChI=1S/C41H45N5O4S/c1-27-19-35(20-28(2)31(27)5)38-23-33(11-15-42-38)25-44-17-13-37(14-18-44)45(51(49,50)41-10-8-7-9-40(41)46(47)48)26-34-12-16-43-39(24-34)36-21-29(3)32(6)30(4)22-36/h7-12,15-16,19-24,37H,13-14,17-18,25-26H2,1-6H3. The smallest absolute Gasteiger partial charge is 0.289 e. The number of nitro groups is 1. The molecule has 1 aliphatic rings. The third-order valence-electron chi connectivity index (χ3n) is 10.5. The van der Waals surface area contributed by atoms with Gasteiger partial charge in [0.25, 0.3) is 5.69 Å². The van der Waals surface area contributed by atoms with Crippen LogP contribution in [0.4, 0.5) is 5.69 Å². The first-order chi connectivity index (χ1) is 24.3. The van der Waals surface area contributed by atoms with Crippen LogP contribution in [-0.2, 0) is 23.1 Å². The van der Waals surface area contributed by atoms with Crippen molar-refractivity contribution in [2.75, 3.05) is 13.1 Å². The Labute approximate surface area is 301 Å². The van der Waals surface area contributed by atoms with E-state index in [-0.39, 0.29) is 17.5 Å². The maximum absolute atomic E-state index is 14.4. The molecule has 0 aliphatic carbocycles. The Bertz CT molecular complexity index is 2160. The van der Waals surface area contributed by atoms with Crippen LogP contribution in [0.5, 0.6) is 0 Å². The number of hydrogen-bond donors (Lipinski definition) is 0. The zero-order valence-corrected chi connectivity index (χ0v) is 31.0. The van der Waals surface area contributed by atoms with Crippen LogP contribution in [0.1, 0.15) is 57.3 Å². The van der Waals surface area contributed by atoms with E-state index < -0.39 is 20.6 Å². The van der Waals surface area contributed by atoms with Gasteiger partial charge < -0.3 is 0 Å². The van der Waals surface area contributed by atoms with Crippen LogP contribution in [0.25, 0.3) is 22.5 Å². The van der Waals surface area contributed by atoms with Crippen LogP contribution < -0.4 is 0 Å². The van der Waals surface area contributed by atoms with Gasteiger partial charge in [0, 0.05) is 61.8 Å². The minimum absolute atomic E-state index is 0.0709. The van der Waals surface area contributed by atoms with Crippen LogP contribution in [0.15, 0.2) is 90.1 Å². The van der Waals surface area contributed by atoms with E-state index in [4.69, 9.17) is 0 Å². The lowest BCUT2D eigenvalue weighted by Crippen LogP contribution is -2.46. The number of benzene rings is 3. The number of pyridine rings is 2. The number of nitro benzene ring substituents is 1. The van der Waals surface area contributed by atoms with Crippen molar-refractivity contribution in [3.8, 4) is 22.5 Å². The minimum atomic E-state index is -4.25. The van der Waals surface area contributed by atoms with E-state index in [1.807, 2.05) is 24.4 Å². The summed E-state index contributed by atoms with van der Waals surface area (Å²) in [6.45, 7) is 14.8. The maximum atomic E-state index is 14.4. The van der Waals surface area contributed by atoms with Gasteiger partial charge in [-0.2, -0.15) is 4.31 Å². The van der Waals surface area contributed by atoms with Crippen LogP contribution in [0, 0.1) is 51.7 Å². The largest absolute Gasteiger partial charge is 0.299 e. The second kappa shape index (κ2) is 14.8. The van der Waals surface area contributed by atoms with Gasteiger partial charge in [0.1, 0.15) is 0 Å². The number of aromatic nitrogens is 2. The first kappa shape index (κ1) is 36.0. The average molecular weight is 704 g/mol. The van der Waals surface area contributed by atoms with E-state index >= 15 is 0 Å². The van der Waals surface area contributed by atoms with E-state index in [0.29, 0.717) is 32.5 Å². The maximum Gasteiger partial charge on any atom is 0.289 e. The summed E-state index contributed by atoms with van der Waals surface area (Å²) in [4.78, 5) is 22.7. The molecule has 5 aromatic rings. The van der Waals surface area contributed by atoms with Gasteiger partial charge >= 0.3 is 0 Å². The third kappa shape index (κ3) is 7.78. The highest BCUT2D eigenvalue weighted by Crippen LogP contribution is 2.33. The molecule has 2 aromatic heterocycles. The zero-order chi connectivity index (χ0) is 36.4. The summed E-state index contributed by atoms with van der Waals surface area (Å²) >= 11 is 0. The quantitative estimate of drug-likeness (QED) is 0.106. The summed E-state index contributed by atoms with van der Waals surface area (Å²) in [5.41, 5.74) is 12.5. The molecule has 264 valence electrons. The van der Waals surface area contributed by atoms with E-state index in [1.54, 1.807) is 6.20 Å². The average Bonchev–Trinajstić information content (AvgIpc) is 3.12. The van der Waals surface area contributed by atoms with Gasteiger partial charge in [-0.1, -0.05) is 12.1 Å². The first-order valence-electron chi connectivity index (χ1n) is 17.4. The fourth-order valence-electron chi connectivity index (χ4n) is 6.99. The molecular weight excluding hydrogens is 659 g/mol. The van der Waals surface area contributed by atoms with E-state index in [1.165, 1.54) is 50.8 Å². The Kier molecular flexibility index (Phi) is 10.5. The zero-order valence-electron chi connectivity index (χ0n) is 30.2. The molecule has 51 heavy (non-hydrogen) atoms. The van der Waals surface area contributed by atoms with Crippen LogP contribution in [0.3, 0.4) is 0 Å². The predicted molar refractivity (Wildman–Crippen MR) is 202 cm³/mol. The van der Waals surface area contributed by atoms with Crippen molar-refractivity contribution in [2.45, 2.75) is 78.4 Å². The first-order valence-corrected chi connectivity index (χ1v) is 18.8. The number of piperidine rings is 1. The molecule has 1 saturated heterocycles. The normalized spacial score (nSPS) is 14.3. The molecule has 3 heterocycles. The van der Waals surface area contributed by atoms with E-state index in [0.717, 1.165) is 44.8 Å². The highest BCUT2D eigenvalue weighted by atomic mass is 32.2. The molecule has 9 nitrogen and oxygen atoms in total. The van der Waals surface area contributed by atoms with Gasteiger partial charge in [0.15, 0.2) is 4.90 Å². The van der Waals surface area contributed by atoms with E-state index in [9.17, 15) is 18.5 Å². The molecule has 1 aliphatic heterocycles. The fraction of sp³-hybridized carbons (Fsp3) is 0.317. The fourth-order valence-corrected chi connectivity index (χ4v) is 8.83. The summed E-state index contributed by atoms with van der Waals surface area (Å²) in [5, 5.41) is 12.0. The summed E-state index contributed by atoms with van der Waals surface area (Å²) in [5.74, 6) is 0. The Morgan fingerprint density at radius 3 is 1.76 bits per heavy atom. The number of sulfonamides is 1. The Morgan fingerprint density at radius 1 is 0.745 bits per heavy atom. The topological polar surface area (TPSA) is 110 Å². The van der Waals surface area contributed by atoms with Gasteiger partial charge in [0.2, 0.25) is 10.0 Å². The Balaban J connectivity index is 1.26. The molecule has 6 rings (SSSR count). The molecule has 0 N–H and O–H groups in total. The molecule has 10 heteroatoms. The molecule has 0 radical (unpaired) electrons. The minimum Gasteiger partial charge on any atom is -0.299 e. The number of rotatable bonds is 10. The van der Waals surface area contributed by atoms with Crippen molar-refractivity contribution >= 4 is 15.7 Å². The van der Waals surface area contributed by atoms with Crippen molar-refractivity contribution in [3.05, 3.63) is 140 Å². The highest BCUT2D eigenvalue weighted by Gasteiger charge is 2.37. The monoisotopic (exact) mass is 703 g/mol. The van der Waals surface area contributed by atoms with Crippen molar-refractivity contribution in [2.24, 2.45) is 0 Å². The third-order valence-corrected chi connectivity index (χ3v) is 12.4. The summed E-state index contributed by atoms with van der Waals surface area (Å²) < 4.78 is 30.4. The lowest BCUT2D eigenvalue weighted by Gasteiger charge is -2.38. The van der Waals surface area contributed by atoms with Gasteiger partial charge in [-0.15, -0.1) is 0 Å². The SMILES string of the molecule is Cc1cc(-c2cc(CN3CCC(N(Cc4ccnc(-c5cc(C)c(C)c(C)c5)c4)S(=O)(=O)c4ccccc4[N+](=O)[O-])CC3)ccn2)cc(C)c1C. The van der Waals surface area contributed by atoms with Gasteiger partial charge in [0.05, 0.1) is 16.3 Å². The van der Waals surface area contributed by atoms with Crippen LogP contribution in [0.2, 0.25) is 0 Å². The van der Waals surface area contributed by atoms with Crippen molar-refractivity contribution in [3.63, 3.8) is 0 Å². The molecule has 0 amide bonds. The Hall–Kier alpha value is -4.77. The summed E-state index contributed by atoms with van der Waals surface area (Å²) in [7, 11) is -4.25. The Morgan fingerprint density at radius 2 is 1.24 bits per heavy atom. The number of likely N-dealkylation sites (tertiary alicyclic amines) is 1. The van der Waals surface area contributed by atoms with Gasteiger partial charge in [-0.25, -0.2) is 8.42 Å². The molecule has 0 spiro atoms. The summed E-state index contributed by atoms with van der Waals surface area (Å²) in [6, 6.07) is 21.8.